The topological polar surface area (TPSA) is 20.2 Å². The van der Waals surface area contributed by atoms with Crippen molar-refractivity contribution >= 4 is 8.07 Å². The molecule has 0 aromatic heterocycles. The van der Waals surface area contributed by atoms with Crippen molar-refractivity contribution in [3.8, 4) is 11.5 Å². The average molecular weight is 232 g/mol. The van der Waals surface area contributed by atoms with Crippen molar-refractivity contribution in [1.29, 1.82) is 0 Å². The SMILES string of the molecule is CC[Si](C)(C)C#CC(O)c1ccc(C)cc1. The Balaban J connectivity index is 2.79. The third kappa shape index (κ3) is 3.84. The lowest BCUT2D eigenvalue weighted by Gasteiger charge is -2.11. The first-order valence-electron chi connectivity index (χ1n) is 5.72. The molecule has 16 heavy (non-hydrogen) atoms. The van der Waals surface area contributed by atoms with E-state index in [1.807, 2.05) is 31.2 Å². The number of aryl methyl sites for hydroxylation is 1. The van der Waals surface area contributed by atoms with Crippen LogP contribution in [0.3, 0.4) is 0 Å². The summed E-state index contributed by atoms with van der Waals surface area (Å²) in [5, 5.41) is 9.92. The molecule has 1 N–H and O–H groups in total. The molecular weight excluding hydrogens is 212 g/mol. The van der Waals surface area contributed by atoms with Gasteiger partial charge in [-0.2, -0.15) is 0 Å². The zero-order valence-corrected chi connectivity index (χ0v) is 11.5. The first-order chi connectivity index (χ1) is 7.44. The van der Waals surface area contributed by atoms with Gasteiger partial charge in [0, 0.05) is 0 Å². The van der Waals surface area contributed by atoms with Crippen LogP contribution < -0.4 is 0 Å². The molecule has 0 aliphatic heterocycles. The molecule has 0 aliphatic rings. The zero-order valence-electron chi connectivity index (χ0n) is 10.5. The van der Waals surface area contributed by atoms with E-state index < -0.39 is 14.2 Å². The van der Waals surface area contributed by atoms with Crippen LogP contribution in [0.25, 0.3) is 0 Å². The quantitative estimate of drug-likeness (QED) is 0.613. The molecule has 1 atom stereocenters. The largest absolute Gasteiger partial charge is 0.376 e. The van der Waals surface area contributed by atoms with E-state index in [2.05, 4.69) is 31.5 Å². The summed E-state index contributed by atoms with van der Waals surface area (Å²) in [5.41, 5.74) is 5.35. The van der Waals surface area contributed by atoms with E-state index in [0.717, 1.165) is 11.6 Å². The Kier molecular flexibility index (Phi) is 4.34. The maximum absolute atomic E-state index is 9.92. The van der Waals surface area contributed by atoms with Crippen molar-refractivity contribution in [2.75, 3.05) is 0 Å². The van der Waals surface area contributed by atoms with E-state index in [1.54, 1.807) is 0 Å². The van der Waals surface area contributed by atoms with Gasteiger partial charge in [-0.1, -0.05) is 55.8 Å². The van der Waals surface area contributed by atoms with E-state index in [9.17, 15) is 5.11 Å². The Hall–Kier alpha value is -1.04. The highest BCUT2D eigenvalue weighted by atomic mass is 28.3. The predicted octanol–water partition coefficient (Wildman–Crippen LogP) is 3.30. The highest BCUT2D eigenvalue weighted by Gasteiger charge is 2.14. The van der Waals surface area contributed by atoms with Gasteiger partial charge in [0.05, 0.1) is 0 Å². The Labute approximate surface area is 99.5 Å². The Morgan fingerprint density at radius 2 is 1.81 bits per heavy atom. The summed E-state index contributed by atoms with van der Waals surface area (Å²) < 4.78 is 0. The summed E-state index contributed by atoms with van der Waals surface area (Å²) in [5.74, 6) is 2.98. The molecule has 2 heteroatoms. The number of aliphatic hydroxyl groups excluding tert-OH is 1. The fraction of sp³-hybridized carbons (Fsp3) is 0.429. The third-order valence-corrected chi connectivity index (χ3v) is 5.41. The molecule has 1 rings (SSSR count). The van der Waals surface area contributed by atoms with Crippen molar-refractivity contribution in [2.24, 2.45) is 0 Å². The molecule has 0 spiro atoms. The number of benzene rings is 1. The summed E-state index contributed by atoms with van der Waals surface area (Å²) in [6.07, 6.45) is -0.640. The van der Waals surface area contributed by atoms with Gasteiger partial charge in [0.1, 0.15) is 14.2 Å². The van der Waals surface area contributed by atoms with Crippen LogP contribution >= 0.6 is 0 Å². The first kappa shape index (κ1) is 13.0. The maximum Gasteiger partial charge on any atom is 0.139 e. The van der Waals surface area contributed by atoms with Crippen LogP contribution in [0.1, 0.15) is 24.2 Å². The average Bonchev–Trinajstić information content (AvgIpc) is 2.27. The van der Waals surface area contributed by atoms with Crippen molar-refractivity contribution in [1.82, 2.24) is 0 Å². The normalized spacial score (nSPS) is 12.8. The van der Waals surface area contributed by atoms with E-state index in [0.29, 0.717) is 0 Å². The molecule has 1 nitrogen and oxygen atoms in total. The van der Waals surface area contributed by atoms with Gasteiger partial charge < -0.3 is 5.11 Å². The molecule has 0 bridgehead atoms. The Morgan fingerprint density at radius 1 is 1.25 bits per heavy atom. The van der Waals surface area contributed by atoms with Gasteiger partial charge in [-0.3, -0.25) is 0 Å². The minimum absolute atomic E-state index is 0.640. The van der Waals surface area contributed by atoms with Gasteiger partial charge >= 0.3 is 0 Å². The number of aliphatic hydroxyl groups is 1. The van der Waals surface area contributed by atoms with Crippen molar-refractivity contribution in [3.63, 3.8) is 0 Å². The lowest BCUT2D eigenvalue weighted by molar-refractivity contribution is 0.238. The molecule has 0 radical (unpaired) electrons. The lowest BCUT2D eigenvalue weighted by Crippen LogP contribution is -2.21. The fourth-order valence-corrected chi connectivity index (χ4v) is 1.89. The Morgan fingerprint density at radius 3 is 2.31 bits per heavy atom. The lowest BCUT2D eigenvalue weighted by atomic mass is 10.1. The fourth-order valence-electron chi connectivity index (χ4n) is 1.18. The molecule has 0 saturated carbocycles. The summed E-state index contributed by atoms with van der Waals surface area (Å²) >= 11 is 0. The smallest absolute Gasteiger partial charge is 0.139 e. The molecule has 86 valence electrons. The third-order valence-electron chi connectivity index (χ3n) is 2.82. The van der Waals surface area contributed by atoms with E-state index in [4.69, 9.17) is 0 Å². The second-order valence-corrected chi connectivity index (χ2v) is 9.54. The van der Waals surface area contributed by atoms with Crippen LogP contribution in [-0.4, -0.2) is 13.2 Å². The van der Waals surface area contributed by atoms with Gasteiger partial charge in [0.2, 0.25) is 0 Å². The minimum Gasteiger partial charge on any atom is -0.376 e. The van der Waals surface area contributed by atoms with Gasteiger partial charge in [0.25, 0.3) is 0 Å². The second kappa shape index (κ2) is 5.34. The first-order valence-corrected chi connectivity index (χ1v) is 8.92. The van der Waals surface area contributed by atoms with Gasteiger partial charge in [0.15, 0.2) is 0 Å². The van der Waals surface area contributed by atoms with Gasteiger partial charge in [-0.15, -0.1) is 5.54 Å². The molecule has 0 saturated heterocycles. The minimum atomic E-state index is -1.40. The number of hydrogen-bond acceptors (Lipinski definition) is 1. The highest BCUT2D eigenvalue weighted by molar-refractivity contribution is 6.85. The summed E-state index contributed by atoms with van der Waals surface area (Å²) in [6, 6.07) is 9.01. The van der Waals surface area contributed by atoms with Crippen LogP contribution in [0, 0.1) is 18.4 Å². The van der Waals surface area contributed by atoms with Crippen LogP contribution in [-0.2, 0) is 0 Å². The van der Waals surface area contributed by atoms with Crippen molar-refractivity contribution < 1.29 is 5.11 Å². The molecular formula is C14H20OSi. The van der Waals surface area contributed by atoms with Crippen molar-refractivity contribution in [2.45, 2.75) is 39.1 Å². The summed E-state index contributed by atoms with van der Waals surface area (Å²) in [6.45, 7) is 8.65. The summed E-state index contributed by atoms with van der Waals surface area (Å²) in [4.78, 5) is 0. The van der Waals surface area contributed by atoms with Crippen LogP contribution in [0.5, 0.6) is 0 Å². The van der Waals surface area contributed by atoms with Crippen LogP contribution in [0.2, 0.25) is 19.1 Å². The number of rotatable bonds is 2. The number of hydrogen-bond donors (Lipinski definition) is 1. The van der Waals surface area contributed by atoms with Crippen molar-refractivity contribution in [3.05, 3.63) is 35.4 Å². The molecule has 1 aromatic carbocycles. The Bertz CT molecular complexity index is 395. The van der Waals surface area contributed by atoms with E-state index in [1.165, 1.54) is 5.56 Å². The van der Waals surface area contributed by atoms with Gasteiger partial charge in [-0.25, -0.2) is 0 Å². The zero-order chi connectivity index (χ0) is 12.2. The van der Waals surface area contributed by atoms with E-state index >= 15 is 0 Å². The summed E-state index contributed by atoms with van der Waals surface area (Å²) in [7, 11) is -1.40. The van der Waals surface area contributed by atoms with Crippen LogP contribution in [0.4, 0.5) is 0 Å². The molecule has 0 fully saturated rings. The molecule has 1 aromatic rings. The van der Waals surface area contributed by atoms with E-state index in [-0.39, 0.29) is 0 Å². The van der Waals surface area contributed by atoms with Crippen LogP contribution in [0.15, 0.2) is 24.3 Å². The maximum atomic E-state index is 9.92. The molecule has 0 heterocycles. The van der Waals surface area contributed by atoms with Gasteiger partial charge in [-0.05, 0) is 18.5 Å². The highest BCUT2D eigenvalue weighted by Crippen LogP contribution is 2.13. The molecule has 0 aliphatic carbocycles. The molecule has 1 unspecified atom stereocenters. The standard InChI is InChI=1S/C14H20OSi/c1-5-16(3,4)11-10-14(15)13-8-6-12(2)7-9-13/h6-9,14-15H,5H2,1-4H3. The monoisotopic (exact) mass is 232 g/mol. The predicted molar refractivity (Wildman–Crippen MR) is 71.9 cm³/mol. The molecule has 0 amide bonds. The second-order valence-electron chi connectivity index (χ2n) is 4.82.